The fraction of sp³-hybridized carbons (Fsp3) is 0.556. The maximum absolute atomic E-state index is 13.2. The smallest absolute Gasteiger partial charge is 0.257 e. The van der Waals surface area contributed by atoms with Crippen LogP contribution in [0.25, 0.3) is 0 Å². The first-order chi connectivity index (χ1) is 12.3. The number of carbonyl (C=O) groups is 2. The molecule has 2 aromatic rings. The molecule has 0 unspecified atom stereocenters. The summed E-state index contributed by atoms with van der Waals surface area (Å²) >= 11 is 0. The Morgan fingerprint density at radius 1 is 1.35 bits per heavy atom. The number of rotatable bonds is 4. The Balaban J connectivity index is 1.91. The molecule has 26 heavy (non-hydrogen) atoms. The number of nitrogens with one attached hydrogen (secondary N) is 2. The summed E-state index contributed by atoms with van der Waals surface area (Å²) in [5.41, 5.74) is 3.14. The quantitative estimate of drug-likeness (QED) is 0.858. The number of amides is 2. The second-order valence-corrected chi connectivity index (χ2v) is 7.25. The Morgan fingerprint density at radius 3 is 2.65 bits per heavy atom. The number of likely N-dealkylation sites (tertiary alicyclic amines) is 1. The maximum Gasteiger partial charge on any atom is 0.257 e. The summed E-state index contributed by atoms with van der Waals surface area (Å²) in [6.07, 6.45) is 3.69. The fourth-order valence-electron chi connectivity index (χ4n) is 3.68. The molecule has 3 rings (SSSR count). The molecule has 0 aliphatic carbocycles. The Kier molecular flexibility index (Phi) is 4.84. The van der Waals surface area contributed by atoms with E-state index >= 15 is 0 Å². The van der Waals surface area contributed by atoms with Gasteiger partial charge < -0.3 is 10.2 Å². The molecule has 1 fully saturated rings. The van der Waals surface area contributed by atoms with Crippen LogP contribution in [0.5, 0.6) is 0 Å². The largest absolute Gasteiger partial charge is 0.359 e. The van der Waals surface area contributed by atoms with E-state index in [1.165, 1.54) is 0 Å². The van der Waals surface area contributed by atoms with E-state index in [1.54, 1.807) is 22.8 Å². The highest BCUT2D eigenvalue weighted by molar-refractivity contribution is 5.97. The van der Waals surface area contributed by atoms with Crippen molar-refractivity contribution in [3.63, 3.8) is 0 Å². The van der Waals surface area contributed by atoms with E-state index in [2.05, 4.69) is 20.6 Å². The van der Waals surface area contributed by atoms with Crippen molar-refractivity contribution in [1.82, 2.24) is 30.2 Å². The molecular weight excluding hydrogens is 332 g/mol. The van der Waals surface area contributed by atoms with Crippen LogP contribution < -0.4 is 5.32 Å². The number of H-pyrrole nitrogens is 1. The molecule has 2 atom stereocenters. The minimum absolute atomic E-state index is 0.0536. The van der Waals surface area contributed by atoms with Crippen LogP contribution in [0.2, 0.25) is 0 Å². The summed E-state index contributed by atoms with van der Waals surface area (Å²) < 4.78 is 1.72. The molecule has 8 heteroatoms. The van der Waals surface area contributed by atoms with Gasteiger partial charge in [0.05, 0.1) is 23.4 Å². The first kappa shape index (κ1) is 18.2. The zero-order chi connectivity index (χ0) is 19.0. The highest BCUT2D eigenvalue weighted by Crippen LogP contribution is 2.34. The van der Waals surface area contributed by atoms with Crippen LogP contribution in [0, 0.1) is 12.8 Å². The summed E-state index contributed by atoms with van der Waals surface area (Å²) in [5, 5.41) is 14.2. The first-order valence-electron chi connectivity index (χ1n) is 8.87. The lowest BCUT2D eigenvalue weighted by Crippen LogP contribution is -2.34. The molecule has 140 valence electrons. The number of aryl methyl sites for hydroxylation is 2. The Morgan fingerprint density at radius 2 is 2.08 bits per heavy atom. The van der Waals surface area contributed by atoms with Crippen molar-refractivity contribution >= 4 is 11.8 Å². The Labute approximate surface area is 152 Å². The van der Waals surface area contributed by atoms with E-state index in [-0.39, 0.29) is 29.6 Å². The third-order valence-corrected chi connectivity index (χ3v) is 5.08. The Hall–Kier alpha value is -2.64. The molecule has 1 aliphatic rings. The molecule has 1 aliphatic heterocycles. The average Bonchev–Trinajstić information content (AvgIpc) is 3.31. The van der Waals surface area contributed by atoms with Gasteiger partial charge in [0.2, 0.25) is 5.91 Å². The predicted octanol–water partition coefficient (Wildman–Crippen LogP) is 1.18. The normalized spacial score (nSPS) is 20.0. The van der Waals surface area contributed by atoms with Crippen LogP contribution in [0.15, 0.2) is 12.4 Å². The monoisotopic (exact) mass is 358 g/mol. The number of carbonyl (C=O) groups excluding carboxylic acids is 2. The lowest BCUT2D eigenvalue weighted by Gasteiger charge is -2.17. The second-order valence-electron chi connectivity index (χ2n) is 7.25. The number of nitrogens with zero attached hydrogens (tertiary/aromatic N) is 4. The van der Waals surface area contributed by atoms with Gasteiger partial charge in [0.1, 0.15) is 0 Å². The van der Waals surface area contributed by atoms with Gasteiger partial charge in [-0.1, -0.05) is 13.8 Å². The molecule has 2 aromatic heterocycles. The summed E-state index contributed by atoms with van der Waals surface area (Å²) in [4.78, 5) is 27.4. The second kappa shape index (κ2) is 6.93. The highest BCUT2D eigenvalue weighted by atomic mass is 16.2. The Bertz CT molecular complexity index is 822. The molecular formula is C18H26N6O2. The van der Waals surface area contributed by atoms with Crippen LogP contribution in [0.4, 0.5) is 0 Å². The van der Waals surface area contributed by atoms with Gasteiger partial charge in [-0.25, -0.2) is 0 Å². The molecule has 0 radical (unpaired) electrons. The van der Waals surface area contributed by atoms with Crippen LogP contribution >= 0.6 is 0 Å². The van der Waals surface area contributed by atoms with Crippen molar-refractivity contribution < 1.29 is 9.59 Å². The first-order valence-corrected chi connectivity index (χ1v) is 8.87. The summed E-state index contributed by atoms with van der Waals surface area (Å²) in [5.74, 6) is -0.335. The van der Waals surface area contributed by atoms with Gasteiger partial charge in [0, 0.05) is 45.0 Å². The van der Waals surface area contributed by atoms with Crippen molar-refractivity contribution in [3.8, 4) is 0 Å². The molecule has 0 spiro atoms. The third-order valence-electron chi connectivity index (χ3n) is 5.08. The van der Waals surface area contributed by atoms with Crippen molar-refractivity contribution in [2.24, 2.45) is 13.0 Å². The zero-order valence-electron chi connectivity index (χ0n) is 15.9. The van der Waals surface area contributed by atoms with E-state index in [4.69, 9.17) is 0 Å². The third kappa shape index (κ3) is 3.11. The van der Waals surface area contributed by atoms with Crippen LogP contribution in [-0.2, 0) is 11.8 Å². The zero-order valence-corrected chi connectivity index (χ0v) is 15.9. The SMILES string of the molecule is CNC(=O)[C@H]1CN(C(=O)c2c(C(C)C)n[nH]c2C)C[C@@H]1c1cnn(C)c1. The van der Waals surface area contributed by atoms with Crippen LogP contribution in [0.3, 0.4) is 0 Å². The molecule has 8 nitrogen and oxygen atoms in total. The summed E-state index contributed by atoms with van der Waals surface area (Å²) in [7, 11) is 3.48. The number of hydrogen-bond acceptors (Lipinski definition) is 4. The molecule has 2 amide bonds. The van der Waals surface area contributed by atoms with Gasteiger partial charge >= 0.3 is 0 Å². The van der Waals surface area contributed by atoms with E-state index in [1.807, 2.05) is 34.0 Å². The van der Waals surface area contributed by atoms with E-state index in [9.17, 15) is 9.59 Å². The molecule has 0 aromatic carbocycles. The molecule has 0 bridgehead atoms. The van der Waals surface area contributed by atoms with Crippen molar-refractivity contribution in [2.75, 3.05) is 20.1 Å². The highest BCUT2D eigenvalue weighted by Gasteiger charge is 2.41. The van der Waals surface area contributed by atoms with Gasteiger partial charge in [0.15, 0.2) is 0 Å². The minimum Gasteiger partial charge on any atom is -0.359 e. The van der Waals surface area contributed by atoms with Crippen LogP contribution in [-0.4, -0.2) is 56.8 Å². The minimum atomic E-state index is -0.289. The topological polar surface area (TPSA) is 95.9 Å². The van der Waals surface area contributed by atoms with E-state index in [0.29, 0.717) is 18.7 Å². The van der Waals surface area contributed by atoms with E-state index < -0.39 is 0 Å². The standard InChI is InChI=1S/C18H26N6O2/c1-10(2)16-15(11(3)21-22-16)18(26)24-8-13(12-6-20-23(5)7-12)14(9-24)17(25)19-4/h6-7,10,13-14H,8-9H2,1-5H3,(H,19,25)(H,21,22)/t13-,14+/m1/s1. The predicted molar refractivity (Wildman–Crippen MR) is 96.8 cm³/mol. The maximum atomic E-state index is 13.2. The van der Waals surface area contributed by atoms with Gasteiger partial charge in [-0.2, -0.15) is 10.2 Å². The van der Waals surface area contributed by atoms with Crippen molar-refractivity contribution in [2.45, 2.75) is 32.6 Å². The molecule has 3 heterocycles. The van der Waals surface area contributed by atoms with Gasteiger partial charge in [0.25, 0.3) is 5.91 Å². The molecule has 0 saturated carbocycles. The van der Waals surface area contributed by atoms with Crippen molar-refractivity contribution in [3.05, 3.63) is 34.9 Å². The number of aromatic nitrogens is 4. The van der Waals surface area contributed by atoms with Crippen molar-refractivity contribution in [1.29, 1.82) is 0 Å². The van der Waals surface area contributed by atoms with Gasteiger partial charge in [-0.3, -0.25) is 19.4 Å². The summed E-state index contributed by atoms with van der Waals surface area (Å²) in [6.45, 7) is 6.77. The van der Waals surface area contributed by atoms with Crippen LogP contribution in [0.1, 0.15) is 53.0 Å². The van der Waals surface area contributed by atoms with E-state index in [0.717, 1.165) is 17.0 Å². The van der Waals surface area contributed by atoms with Gasteiger partial charge in [-0.05, 0) is 18.4 Å². The molecule has 1 saturated heterocycles. The summed E-state index contributed by atoms with van der Waals surface area (Å²) in [6, 6.07) is 0. The number of hydrogen-bond donors (Lipinski definition) is 2. The lowest BCUT2D eigenvalue weighted by molar-refractivity contribution is -0.124. The average molecular weight is 358 g/mol. The number of aromatic amines is 1. The fourth-order valence-corrected chi connectivity index (χ4v) is 3.68. The van der Waals surface area contributed by atoms with Gasteiger partial charge in [-0.15, -0.1) is 0 Å². The molecule has 2 N–H and O–H groups in total. The lowest BCUT2D eigenvalue weighted by atomic mass is 9.90.